The summed E-state index contributed by atoms with van der Waals surface area (Å²) in [5.41, 5.74) is 4.94. The van der Waals surface area contributed by atoms with Crippen LogP contribution in [0.15, 0.2) is 59.4 Å². The lowest BCUT2D eigenvalue weighted by Crippen LogP contribution is -1.87. The average molecular weight is 274 g/mol. The van der Waals surface area contributed by atoms with Crippen LogP contribution in [0.4, 0.5) is 0 Å². The lowest BCUT2D eigenvalue weighted by atomic mass is 10.0. The molecule has 4 aromatic rings. The molecular formula is C18H14N2O. The van der Waals surface area contributed by atoms with Crippen molar-refractivity contribution in [3.05, 3.63) is 60.6 Å². The maximum absolute atomic E-state index is 6.01. The molecular weight excluding hydrogens is 260 g/mol. The second-order valence-electron chi connectivity index (χ2n) is 5.06. The molecule has 0 unspecified atom stereocenters. The summed E-state index contributed by atoms with van der Waals surface area (Å²) in [6, 6.07) is 12.3. The molecule has 0 saturated heterocycles. The van der Waals surface area contributed by atoms with Crippen molar-refractivity contribution < 1.29 is 4.42 Å². The van der Waals surface area contributed by atoms with E-state index in [2.05, 4.69) is 35.1 Å². The summed E-state index contributed by atoms with van der Waals surface area (Å²) in [6.07, 6.45) is 6.40. The SMILES string of the molecule is CCc1ccnc(-c2cccc3c2oc2cnccc23)c1. The average Bonchev–Trinajstić information content (AvgIpc) is 2.93. The molecule has 0 fully saturated rings. The van der Waals surface area contributed by atoms with Crippen LogP contribution in [-0.2, 0) is 6.42 Å². The Morgan fingerprint density at radius 2 is 2.00 bits per heavy atom. The van der Waals surface area contributed by atoms with Crippen LogP contribution in [0.5, 0.6) is 0 Å². The predicted molar refractivity (Wildman–Crippen MR) is 84.1 cm³/mol. The number of nitrogens with zero attached hydrogens (tertiary/aromatic N) is 2. The normalized spacial score (nSPS) is 11.3. The molecule has 0 aliphatic carbocycles. The van der Waals surface area contributed by atoms with Gasteiger partial charge in [0.25, 0.3) is 0 Å². The number of fused-ring (bicyclic) bond motifs is 3. The van der Waals surface area contributed by atoms with Crippen molar-refractivity contribution in [3.63, 3.8) is 0 Å². The Morgan fingerprint density at radius 3 is 2.90 bits per heavy atom. The van der Waals surface area contributed by atoms with Crippen LogP contribution in [0.3, 0.4) is 0 Å². The van der Waals surface area contributed by atoms with Crippen molar-refractivity contribution in [2.45, 2.75) is 13.3 Å². The zero-order chi connectivity index (χ0) is 14.2. The number of furan rings is 1. The van der Waals surface area contributed by atoms with Gasteiger partial charge in [0.1, 0.15) is 5.58 Å². The number of aromatic nitrogens is 2. The van der Waals surface area contributed by atoms with Crippen molar-refractivity contribution in [2.75, 3.05) is 0 Å². The van der Waals surface area contributed by atoms with Crippen LogP contribution < -0.4 is 0 Å². The molecule has 1 aromatic carbocycles. The Hall–Kier alpha value is -2.68. The van der Waals surface area contributed by atoms with Crippen molar-refractivity contribution in [1.29, 1.82) is 0 Å². The highest BCUT2D eigenvalue weighted by Gasteiger charge is 2.12. The first-order chi connectivity index (χ1) is 10.4. The fourth-order valence-electron chi connectivity index (χ4n) is 2.70. The summed E-state index contributed by atoms with van der Waals surface area (Å²) in [5, 5.41) is 2.20. The van der Waals surface area contributed by atoms with Gasteiger partial charge < -0.3 is 4.42 Å². The second-order valence-corrected chi connectivity index (χ2v) is 5.06. The Bertz CT molecular complexity index is 940. The van der Waals surface area contributed by atoms with Crippen LogP contribution in [0, 0.1) is 0 Å². The minimum Gasteiger partial charge on any atom is -0.454 e. The van der Waals surface area contributed by atoms with Crippen LogP contribution in [0.2, 0.25) is 0 Å². The van der Waals surface area contributed by atoms with E-state index >= 15 is 0 Å². The third-order valence-electron chi connectivity index (χ3n) is 3.81. The monoisotopic (exact) mass is 274 g/mol. The lowest BCUT2D eigenvalue weighted by molar-refractivity contribution is 0.667. The highest BCUT2D eigenvalue weighted by Crippen LogP contribution is 2.34. The predicted octanol–water partition coefficient (Wildman–Crippen LogP) is 4.61. The van der Waals surface area contributed by atoms with Gasteiger partial charge in [-0.1, -0.05) is 19.1 Å². The van der Waals surface area contributed by atoms with Gasteiger partial charge >= 0.3 is 0 Å². The van der Waals surface area contributed by atoms with Gasteiger partial charge in [-0.25, -0.2) is 0 Å². The molecule has 0 bridgehead atoms. The zero-order valence-electron chi connectivity index (χ0n) is 11.7. The third-order valence-corrected chi connectivity index (χ3v) is 3.81. The van der Waals surface area contributed by atoms with E-state index in [1.807, 2.05) is 24.4 Å². The number of hydrogen-bond donors (Lipinski definition) is 0. The van der Waals surface area contributed by atoms with Crippen LogP contribution in [-0.4, -0.2) is 9.97 Å². The highest BCUT2D eigenvalue weighted by molar-refractivity contribution is 6.08. The van der Waals surface area contributed by atoms with E-state index in [9.17, 15) is 0 Å². The number of benzene rings is 1. The summed E-state index contributed by atoms with van der Waals surface area (Å²) in [6.45, 7) is 2.15. The summed E-state index contributed by atoms with van der Waals surface area (Å²) in [7, 11) is 0. The van der Waals surface area contributed by atoms with Crippen molar-refractivity contribution in [3.8, 4) is 11.3 Å². The van der Waals surface area contributed by atoms with E-state index in [0.717, 1.165) is 39.6 Å². The van der Waals surface area contributed by atoms with Gasteiger partial charge in [-0.05, 0) is 36.2 Å². The molecule has 3 heteroatoms. The minimum atomic E-state index is 0.812. The summed E-state index contributed by atoms with van der Waals surface area (Å²) in [4.78, 5) is 8.63. The third kappa shape index (κ3) is 1.89. The van der Waals surface area contributed by atoms with E-state index in [1.54, 1.807) is 12.4 Å². The van der Waals surface area contributed by atoms with Gasteiger partial charge in [-0.15, -0.1) is 0 Å². The Morgan fingerprint density at radius 1 is 1.05 bits per heavy atom. The summed E-state index contributed by atoms with van der Waals surface area (Å²) in [5.74, 6) is 0. The van der Waals surface area contributed by atoms with Gasteiger partial charge in [0.2, 0.25) is 0 Å². The number of aryl methyl sites for hydroxylation is 1. The fraction of sp³-hybridized carbons (Fsp3) is 0.111. The van der Waals surface area contributed by atoms with E-state index < -0.39 is 0 Å². The van der Waals surface area contributed by atoms with Crippen LogP contribution in [0.1, 0.15) is 12.5 Å². The maximum atomic E-state index is 6.01. The molecule has 3 nitrogen and oxygen atoms in total. The van der Waals surface area contributed by atoms with Crippen molar-refractivity contribution in [2.24, 2.45) is 0 Å². The first kappa shape index (κ1) is 12.1. The zero-order valence-corrected chi connectivity index (χ0v) is 11.7. The molecule has 102 valence electrons. The van der Waals surface area contributed by atoms with E-state index in [-0.39, 0.29) is 0 Å². The number of hydrogen-bond acceptors (Lipinski definition) is 3. The first-order valence-electron chi connectivity index (χ1n) is 7.07. The molecule has 3 heterocycles. The topological polar surface area (TPSA) is 38.9 Å². The van der Waals surface area contributed by atoms with Crippen molar-refractivity contribution in [1.82, 2.24) is 9.97 Å². The lowest BCUT2D eigenvalue weighted by Gasteiger charge is -2.03. The van der Waals surface area contributed by atoms with Gasteiger partial charge in [0.15, 0.2) is 5.58 Å². The standard InChI is InChI=1S/C18H14N2O/c1-2-12-6-9-20-16(10-12)15-5-3-4-14-13-7-8-19-11-17(13)21-18(14)15/h3-11H,2H2,1H3. The fourth-order valence-corrected chi connectivity index (χ4v) is 2.70. The maximum Gasteiger partial charge on any atom is 0.153 e. The van der Waals surface area contributed by atoms with Crippen LogP contribution in [0.25, 0.3) is 33.2 Å². The minimum absolute atomic E-state index is 0.812. The Balaban J connectivity index is 2.04. The molecule has 0 aliphatic heterocycles. The summed E-state index contributed by atoms with van der Waals surface area (Å²) >= 11 is 0. The Labute approximate surface area is 122 Å². The number of para-hydroxylation sites is 1. The molecule has 0 atom stereocenters. The molecule has 21 heavy (non-hydrogen) atoms. The van der Waals surface area contributed by atoms with Crippen LogP contribution >= 0.6 is 0 Å². The van der Waals surface area contributed by atoms with Crippen molar-refractivity contribution >= 4 is 21.9 Å². The number of pyridine rings is 2. The quantitative estimate of drug-likeness (QED) is 0.536. The van der Waals surface area contributed by atoms with Gasteiger partial charge in [0, 0.05) is 28.7 Å². The molecule has 0 amide bonds. The molecule has 0 spiro atoms. The first-order valence-corrected chi connectivity index (χ1v) is 7.07. The Kier molecular flexibility index (Phi) is 2.71. The second kappa shape index (κ2) is 4.70. The van der Waals surface area contributed by atoms with E-state index in [4.69, 9.17) is 4.42 Å². The largest absolute Gasteiger partial charge is 0.454 e. The molecule has 3 aromatic heterocycles. The number of rotatable bonds is 2. The van der Waals surface area contributed by atoms with E-state index in [1.165, 1.54) is 5.56 Å². The molecule has 0 N–H and O–H groups in total. The molecule has 4 rings (SSSR count). The van der Waals surface area contributed by atoms with Gasteiger partial charge in [0.05, 0.1) is 11.9 Å². The van der Waals surface area contributed by atoms with E-state index in [0.29, 0.717) is 0 Å². The highest BCUT2D eigenvalue weighted by atomic mass is 16.3. The van der Waals surface area contributed by atoms with Gasteiger partial charge in [-0.2, -0.15) is 0 Å². The van der Waals surface area contributed by atoms with Gasteiger partial charge in [-0.3, -0.25) is 9.97 Å². The molecule has 0 saturated carbocycles. The molecule has 0 aliphatic rings. The smallest absolute Gasteiger partial charge is 0.153 e. The molecule has 0 radical (unpaired) electrons. The summed E-state index contributed by atoms with van der Waals surface area (Å²) < 4.78 is 6.01.